The molecule has 1 aliphatic rings. The van der Waals surface area contributed by atoms with E-state index in [9.17, 15) is 5.11 Å². The van der Waals surface area contributed by atoms with Gasteiger partial charge in [-0.25, -0.2) is 4.98 Å². The highest BCUT2D eigenvalue weighted by atomic mass is 16.5. The summed E-state index contributed by atoms with van der Waals surface area (Å²) in [5.41, 5.74) is 6.14. The van der Waals surface area contributed by atoms with E-state index in [0.717, 1.165) is 18.4 Å². The molecule has 0 aliphatic carbocycles. The summed E-state index contributed by atoms with van der Waals surface area (Å²) in [6.07, 6.45) is 3.07. The van der Waals surface area contributed by atoms with Gasteiger partial charge in [0.05, 0.1) is 11.7 Å². The normalized spacial score (nSPS) is 20.1. The number of rotatable bonds is 5. The molecule has 3 N–H and O–H groups in total. The number of aliphatic hydroxyl groups excluding tert-OH is 1. The predicted molar refractivity (Wildman–Crippen MR) is 72.8 cm³/mol. The van der Waals surface area contributed by atoms with Crippen molar-refractivity contribution < 1.29 is 14.6 Å². The number of anilines is 1. The highest BCUT2D eigenvalue weighted by Gasteiger charge is 2.40. The molecule has 1 saturated heterocycles. The third kappa shape index (κ3) is 3.43. The third-order valence-electron chi connectivity index (χ3n) is 3.65. The van der Waals surface area contributed by atoms with Gasteiger partial charge in [0, 0.05) is 45.3 Å². The molecule has 1 aromatic rings. The molecule has 1 atom stereocenters. The molecule has 0 amide bonds. The molecular weight excluding hydrogens is 244 g/mol. The molecule has 0 aromatic carbocycles. The van der Waals surface area contributed by atoms with Gasteiger partial charge in [-0.2, -0.15) is 0 Å². The average molecular weight is 266 g/mol. The van der Waals surface area contributed by atoms with E-state index in [2.05, 4.69) is 4.98 Å². The Morgan fingerprint density at radius 1 is 1.53 bits per heavy atom. The van der Waals surface area contributed by atoms with Gasteiger partial charge in [-0.3, -0.25) is 0 Å². The second-order valence-electron chi connectivity index (χ2n) is 4.92. The average Bonchev–Trinajstić information content (AvgIpc) is 2.40. The zero-order valence-corrected chi connectivity index (χ0v) is 11.3. The summed E-state index contributed by atoms with van der Waals surface area (Å²) in [7, 11) is 0. The van der Waals surface area contributed by atoms with E-state index in [1.807, 2.05) is 13.0 Å². The van der Waals surface area contributed by atoms with Crippen LogP contribution in [0.15, 0.2) is 18.3 Å². The maximum Gasteiger partial charge on any atom is 0.123 e. The molecule has 1 fully saturated rings. The van der Waals surface area contributed by atoms with Crippen LogP contribution in [-0.4, -0.2) is 41.6 Å². The molecule has 0 radical (unpaired) electrons. The molecule has 0 bridgehead atoms. The van der Waals surface area contributed by atoms with Gasteiger partial charge in [-0.05, 0) is 24.6 Å². The predicted octanol–water partition coefficient (Wildman–Crippen LogP) is 1.15. The number of aliphatic hydroxyl groups is 1. The first kappa shape index (κ1) is 14.2. The van der Waals surface area contributed by atoms with Crippen LogP contribution in [0.4, 0.5) is 5.82 Å². The maximum atomic E-state index is 10.6. The minimum Gasteiger partial charge on any atom is -0.390 e. The van der Waals surface area contributed by atoms with Crippen molar-refractivity contribution in [2.24, 2.45) is 0 Å². The third-order valence-corrected chi connectivity index (χ3v) is 3.65. The summed E-state index contributed by atoms with van der Waals surface area (Å²) in [4.78, 5) is 3.96. The number of hydrogen-bond acceptors (Lipinski definition) is 5. The monoisotopic (exact) mass is 266 g/mol. The van der Waals surface area contributed by atoms with Crippen LogP contribution in [0.1, 0.15) is 25.3 Å². The van der Waals surface area contributed by atoms with E-state index in [1.54, 1.807) is 12.3 Å². The van der Waals surface area contributed by atoms with Crippen LogP contribution in [0.5, 0.6) is 0 Å². The van der Waals surface area contributed by atoms with Crippen LogP contribution in [0.3, 0.4) is 0 Å². The Morgan fingerprint density at radius 3 is 2.89 bits per heavy atom. The van der Waals surface area contributed by atoms with Crippen molar-refractivity contribution in [1.29, 1.82) is 0 Å². The van der Waals surface area contributed by atoms with Crippen LogP contribution >= 0.6 is 0 Å². The van der Waals surface area contributed by atoms with Crippen LogP contribution in [0, 0.1) is 0 Å². The summed E-state index contributed by atoms with van der Waals surface area (Å²) in [6.45, 7) is 3.81. The van der Waals surface area contributed by atoms with Gasteiger partial charge in [0.1, 0.15) is 5.82 Å². The van der Waals surface area contributed by atoms with Gasteiger partial charge in [0.25, 0.3) is 0 Å². The highest BCUT2D eigenvalue weighted by molar-refractivity contribution is 5.32. The molecule has 1 aliphatic heterocycles. The number of pyridine rings is 1. The van der Waals surface area contributed by atoms with Gasteiger partial charge < -0.3 is 20.3 Å². The van der Waals surface area contributed by atoms with Crippen molar-refractivity contribution in [3.8, 4) is 0 Å². The van der Waals surface area contributed by atoms with E-state index >= 15 is 0 Å². The zero-order valence-electron chi connectivity index (χ0n) is 11.3. The van der Waals surface area contributed by atoms with Crippen LogP contribution < -0.4 is 5.73 Å². The second kappa shape index (κ2) is 6.32. The molecule has 5 heteroatoms. The number of nitrogens with two attached hydrogens (primary N) is 1. The molecule has 5 nitrogen and oxygen atoms in total. The quantitative estimate of drug-likeness (QED) is 0.836. The summed E-state index contributed by atoms with van der Waals surface area (Å²) in [5, 5.41) is 10.6. The van der Waals surface area contributed by atoms with Gasteiger partial charge in [0.15, 0.2) is 0 Å². The molecule has 0 spiro atoms. The fraction of sp³-hybridized carbons (Fsp3) is 0.643. The molecule has 2 heterocycles. The number of hydrogen-bond donors (Lipinski definition) is 2. The Bertz CT molecular complexity index is 400. The number of aromatic nitrogens is 1. The van der Waals surface area contributed by atoms with E-state index in [1.165, 1.54) is 0 Å². The minimum atomic E-state index is -0.557. The van der Waals surface area contributed by atoms with Crippen molar-refractivity contribution in [1.82, 2.24) is 4.98 Å². The van der Waals surface area contributed by atoms with Crippen LogP contribution in [0.25, 0.3) is 0 Å². The topological polar surface area (TPSA) is 77.6 Å². The lowest BCUT2D eigenvalue weighted by Gasteiger charge is -2.40. The van der Waals surface area contributed by atoms with E-state index in [0.29, 0.717) is 32.1 Å². The van der Waals surface area contributed by atoms with Crippen molar-refractivity contribution in [2.75, 3.05) is 25.6 Å². The van der Waals surface area contributed by atoms with E-state index in [-0.39, 0.29) is 0 Å². The molecule has 1 aromatic heterocycles. The van der Waals surface area contributed by atoms with Gasteiger partial charge in [0.2, 0.25) is 0 Å². The highest BCUT2D eigenvalue weighted by Crippen LogP contribution is 2.30. The lowest BCUT2D eigenvalue weighted by atomic mass is 9.84. The second-order valence-corrected chi connectivity index (χ2v) is 4.92. The number of ether oxygens (including phenoxy) is 2. The first-order valence-corrected chi connectivity index (χ1v) is 6.76. The maximum absolute atomic E-state index is 10.6. The van der Waals surface area contributed by atoms with Gasteiger partial charge in [-0.15, -0.1) is 0 Å². The fourth-order valence-corrected chi connectivity index (χ4v) is 2.61. The largest absolute Gasteiger partial charge is 0.390 e. The Balaban J connectivity index is 2.08. The standard InChI is InChI=1S/C14H22N2O3/c1-2-19-14(4-7-18-8-5-14)12(17)9-11-3-6-16-13(15)10-11/h3,6,10,12,17H,2,4-5,7-9H2,1H3,(H2,15,16). The summed E-state index contributed by atoms with van der Waals surface area (Å²) >= 11 is 0. The molecule has 2 rings (SSSR count). The Labute approximate surface area is 113 Å². The Morgan fingerprint density at radius 2 is 2.26 bits per heavy atom. The summed E-state index contributed by atoms with van der Waals surface area (Å²) < 4.78 is 11.2. The fourth-order valence-electron chi connectivity index (χ4n) is 2.61. The zero-order chi connectivity index (χ0) is 13.7. The van der Waals surface area contributed by atoms with Gasteiger partial charge in [-0.1, -0.05) is 0 Å². The first-order chi connectivity index (χ1) is 9.16. The molecule has 0 saturated carbocycles. The summed E-state index contributed by atoms with van der Waals surface area (Å²) in [5.74, 6) is 0.474. The Hall–Kier alpha value is -1.17. The van der Waals surface area contributed by atoms with Gasteiger partial charge >= 0.3 is 0 Å². The lowest BCUT2D eigenvalue weighted by Crippen LogP contribution is -2.50. The first-order valence-electron chi connectivity index (χ1n) is 6.76. The molecular formula is C14H22N2O3. The Kier molecular flexibility index (Phi) is 4.74. The summed E-state index contributed by atoms with van der Waals surface area (Å²) in [6, 6.07) is 3.67. The molecule has 1 unspecified atom stereocenters. The van der Waals surface area contributed by atoms with Crippen LogP contribution in [-0.2, 0) is 15.9 Å². The van der Waals surface area contributed by atoms with Crippen molar-refractivity contribution >= 4 is 5.82 Å². The SMILES string of the molecule is CCOC1(C(O)Cc2ccnc(N)c2)CCOCC1. The van der Waals surface area contributed by atoms with E-state index < -0.39 is 11.7 Å². The minimum absolute atomic E-state index is 0.474. The van der Waals surface area contributed by atoms with Crippen molar-refractivity contribution in [2.45, 2.75) is 37.9 Å². The molecule has 19 heavy (non-hydrogen) atoms. The van der Waals surface area contributed by atoms with Crippen molar-refractivity contribution in [3.63, 3.8) is 0 Å². The molecule has 106 valence electrons. The van der Waals surface area contributed by atoms with Crippen molar-refractivity contribution in [3.05, 3.63) is 23.9 Å². The van der Waals surface area contributed by atoms with E-state index in [4.69, 9.17) is 15.2 Å². The van der Waals surface area contributed by atoms with Crippen LogP contribution in [0.2, 0.25) is 0 Å². The number of nitrogens with zero attached hydrogens (tertiary/aromatic N) is 1. The number of nitrogen functional groups attached to an aromatic ring is 1. The smallest absolute Gasteiger partial charge is 0.123 e. The lowest BCUT2D eigenvalue weighted by molar-refractivity contribution is -0.165.